The third-order valence-electron chi connectivity index (χ3n) is 2.31. The van der Waals surface area contributed by atoms with E-state index in [1.807, 2.05) is 6.92 Å². The van der Waals surface area contributed by atoms with E-state index < -0.39 is 0 Å². The molecule has 1 saturated heterocycles. The SMILES string of the molecule is COC(=S)O[C@@H]1[C@H](C)OCC[C@@H]1OC. The molecule has 1 aliphatic heterocycles. The van der Waals surface area contributed by atoms with E-state index in [1.165, 1.54) is 7.11 Å². The van der Waals surface area contributed by atoms with Crippen molar-refractivity contribution in [3.63, 3.8) is 0 Å². The minimum Gasteiger partial charge on any atom is -0.460 e. The summed E-state index contributed by atoms with van der Waals surface area (Å²) in [6.45, 7) is 2.63. The summed E-state index contributed by atoms with van der Waals surface area (Å²) in [5, 5.41) is 0.134. The maximum Gasteiger partial charge on any atom is 0.352 e. The summed E-state index contributed by atoms with van der Waals surface area (Å²) in [5.41, 5.74) is 0. The number of hydrogen-bond donors (Lipinski definition) is 0. The van der Waals surface area contributed by atoms with E-state index >= 15 is 0 Å². The van der Waals surface area contributed by atoms with Crippen LogP contribution in [0.3, 0.4) is 0 Å². The maximum absolute atomic E-state index is 5.45. The largest absolute Gasteiger partial charge is 0.460 e. The second-order valence-electron chi connectivity index (χ2n) is 3.18. The molecule has 1 rings (SSSR count). The number of ether oxygens (including phenoxy) is 4. The van der Waals surface area contributed by atoms with E-state index in [1.54, 1.807) is 7.11 Å². The summed E-state index contributed by atoms with van der Waals surface area (Å²) in [4.78, 5) is 0. The standard InChI is InChI=1S/C9H16O4S/c1-6-8(13-9(14)11-3)7(10-2)4-5-12-6/h6-8H,4-5H2,1-3H3/t6-,7-,8+/m0/s1. The lowest BCUT2D eigenvalue weighted by molar-refractivity contribution is -0.137. The summed E-state index contributed by atoms with van der Waals surface area (Å²) in [7, 11) is 3.15. The van der Waals surface area contributed by atoms with Crippen LogP contribution in [-0.2, 0) is 18.9 Å². The molecule has 0 saturated carbocycles. The number of hydrogen-bond acceptors (Lipinski definition) is 5. The van der Waals surface area contributed by atoms with E-state index in [0.717, 1.165) is 6.42 Å². The average molecular weight is 220 g/mol. The van der Waals surface area contributed by atoms with Crippen LogP contribution >= 0.6 is 12.2 Å². The molecule has 0 bridgehead atoms. The first-order valence-electron chi connectivity index (χ1n) is 4.58. The minimum atomic E-state index is -0.179. The molecule has 0 aromatic rings. The van der Waals surface area contributed by atoms with Gasteiger partial charge in [0, 0.05) is 32.4 Å². The van der Waals surface area contributed by atoms with Gasteiger partial charge in [0.2, 0.25) is 0 Å². The molecule has 0 N–H and O–H groups in total. The van der Waals surface area contributed by atoms with Gasteiger partial charge in [-0.2, -0.15) is 0 Å². The molecule has 0 radical (unpaired) electrons. The van der Waals surface area contributed by atoms with Gasteiger partial charge in [-0.1, -0.05) is 0 Å². The van der Waals surface area contributed by atoms with Gasteiger partial charge in [0.15, 0.2) is 6.10 Å². The Morgan fingerprint density at radius 3 is 2.71 bits per heavy atom. The van der Waals surface area contributed by atoms with Crippen LogP contribution in [0.4, 0.5) is 0 Å². The van der Waals surface area contributed by atoms with Crippen LogP contribution in [0.1, 0.15) is 13.3 Å². The minimum absolute atomic E-state index is 0.0202. The Balaban J connectivity index is 2.54. The van der Waals surface area contributed by atoms with Gasteiger partial charge in [0.05, 0.1) is 19.3 Å². The van der Waals surface area contributed by atoms with Gasteiger partial charge in [0.25, 0.3) is 0 Å². The van der Waals surface area contributed by atoms with Crippen molar-refractivity contribution in [1.29, 1.82) is 0 Å². The van der Waals surface area contributed by atoms with Crippen molar-refractivity contribution in [2.75, 3.05) is 20.8 Å². The summed E-state index contributed by atoms with van der Waals surface area (Å²) in [6, 6.07) is 0. The molecule has 0 spiro atoms. The first kappa shape index (κ1) is 11.7. The molecule has 14 heavy (non-hydrogen) atoms. The lowest BCUT2D eigenvalue weighted by atomic mass is 10.0. The molecule has 1 aliphatic rings. The molecule has 5 heteroatoms. The Morgan fingerprint density at radius 2 is 2.14 bits per heavy atom. The van der Waals surface area contributed by atoms with Crippen LogP contribution in [0.2, 0.25) is 0 Å². The Labute approximate surface area is 89.5 Å². The normalized spacial score (nSPS) is 32.4. The maximum atomic E-state index is 5.45. The van der Waals surface area contributed by atoms with Crippen molar-refractivity contribution < 1.29 is 18.9 Å². The van der Waals surface area contributed by atoms with Crippen LogP contribution in [0.5, 0.6) is 0 Å². The Morgan fingerprint density at radius 1 is 1.43 bits per heavy atom. The highest BCUT2D eigenvalue weighted by Crippen LogP contribution is 2.20. The van der Waals surface area contributed by atoms with Crippen LogP contribution in [0, 0.1) is 0 Å². The molecule has 1 fully saturated rings. The summed E-state index contributed by atoms with van der Waals surface area (Å²) < 4.78 is 21.0. The molecular formula is C9H16O4S. The molecule has 4 nitrogen and oxygen atoms in total. The first-order valence-corrected chi connectivity index (χ1v) is 4.99. The zero-order valence-corrected chi connectivity index (χ0v) is 9.50. The van der Waals surface area contributed by atoms with Gasteiger partial charge < -0.3 is 18.9 Å². The third-order valence-corrected chi connectivity index (χ3v) is 2.58. The third kappa shape index (κ3) is 2.80. The smallest absolute Gasteiger partial charge is 0.352 e. The average Bonchev–Trinajstić information content (AvgIpc) is 2.20. The van der Waals surface area contributed by atoms with Crippen LogP contribution in [0.25, 0.3) is 0 Å². The monoisotopic (exact) mass is 220 g/mol. The molecule has 0 amide bonds. The molecular weight excluding hydrogens is 204 g/mol. The van der Waals surface area contributed by atoms with Crippen molar-refractivity contribution in [1.82, 2.24) is 0 Å². The van der Waals surface area contributed by atoms with Crippen molar-refractivity contribution >= 4 is 17.5 Å². The molecule has 0 unspecified atom stereocenters. The molecule has 0 aromatic carbocycles. The van der Waals surface area contributed by atoms with E-state index in [-0.39, 0.29) is 23.5 Å². The Bertz CT molecular complexity index is 197. The van der Waals surface area contributed by atoms with Gasteiger partial charge in [-0.25, -0.2) is 0 Å². The summed E-state index contributed by atoms with van der Waals surface area (Å²) in [5.74, 6) is 0. The van der Waals surface area contributed by atoms with Gasteiger partial charge >= 0.3 is 5.24 Å². The van der Waals surface area contributed by atoms with Gasteiger partial charge in [-0.15, -0.1) is 0 Å². The second-order valence-corrected chi connectivity index (χ2v) is 3.51. The second kappa shape index (κ2) is 5.48. The van der Waals surface area contributed by atoms with Crippen molar-refractivity contribution in [2.24, 2.45) is 0 Å². The molecule has 3 atom stereocenters. The van der Waals surface area contributed by atoms with Crippen LogP contribution in [0.15, 0.2) is 0 Å². The molecule has 0 aliphatic carbocycles. The van der Waals surface area contributed by atoms with Crippen molar-refractivity contribution in [3.8, 4) is 0 Å². The first-order chi connectivity index (χ1) is 6.69. The molecule has 82 valence electrons. The van der Waals surface area contributed by atoms with Gasteiger partial charge in [-0.05, 0) is 6.92 Å². The van der Waals surface area contributed by atoms with Crippen LogP contribution < -0.4 is 0 Å². The number of thiocarbonyl (C=S) groups is 1. The zero-order valence-electron chi connectivity index (χ0n) is 8.69. The highest BCUT2D eigenvalue weighted by atomic mass is 32.1. The number of rotatable bonds is 2. The van der Waals surface area contributed by atoms with E-state index in [2.05, 4.69) is 0 Å². The van der Waals surface area contributed by atoms with Crippen molar-refractivity contribution in [2.45, 2.75) is 31.7 Å². The van der Waals surface area contributed by atoms with E-state index in [0.29, 0.717) is 6.61 Å². The van der Waals surface area contributed by atoms with Crippen molar-refractivity contribution in [3.05, 3.63) is 0 Å². The Kier molecular flexibility index (Phi) is 4.57. The zero-order chi connectivity index (χ0) is 10.6. The fourth-order valence-corrected chi connectivity index (χ4v) is 1.63. The number of methoxy groups -OCH3 is 2. The molecule has 1 heterocycles. The lowest BCUT2D eigenvalue weighted by Gasteiger charge is -2.34. The molecule has 0 aromatic heterocycles. The fourth-order valence-electron chi connectivity index (χ4n) is 1.51. The lowest BCUT2D eigenvalue weighted by Crippen LogP contribution is -2.46. The predicted octanol–water partition coefficient (Wildman–Crippen LogP) is 1.13. The summed E-state index contributed by atoms with van der Waals surface area (Å²) >= 11 is 4.83. The van der Waals surface area contributed by atoms with E-state index in [9.17, 15) is 0 Å². The van der Waals surface area contributed by atoms with E-state index in [4.69, 9.17) is 31.2 Å². The topological polar surface area (TPSA) is 36.9 Å². The highest BCUT2D eigenvalue weighted by molar-refractivity contribution is 7.79. The quantitative estimate of drug-likeness (QED) is 0.652. The van der Waals surface area contributed by atoms with Gasteiger partial charge in [0.1, 0.15) is 0 Å². The Hall–Kier alpha value is -0.390. The highest BCUT2D eigenvalue weighted by Gasteiger charge is 2.34. The van der Waals surface area contributed by atoms with Gasteiger partial charge in [-0.3, -0.25) is 0 Å². The summed E-state index contributed by atoms with van der Waals surface area (Å²) in [6.07, 6.45) is 0.632. The van der Waals surface area contributed by atoms with Crippen LogP contribution in [-0.4, -0.2) is 44.4 Å². The fraction of sp³-hybridized carbons (Fsp3) is 0.889. The predicted molar refractivity (Wildman–Crippen MR) is 55.3 cm³/mol.